The highest BCUT2D eigenvalue weighted by Gasteiger charge is 2.09. The van der Waals surface area contributed by atoms with Crippen LogP contribution in [0.4, 0.5) is 5.69 Å². The average molecular weight is 211 g/mol. The zero-order valence-electron chi connectivity index (χ0n) is 8.19. The Labute approximate surface area is 85.7 Å². The van der Waals surface area contributed by atoms with Gasteiger partial charge < -0.3 is 20.3 Å². The Morgan fingerprint density at radius 3 is 2.50 bits per heavy atom. The van der Waals surface area contributed by atoms with Crippen molar-refractivity contribution < 1.29 is 8.85 Å². The molecule has 1 radical (unpaired) electrons. The summed E-state index contributed by atoms with van der Waals surface area (Å²) in [7, 11) is -1.24. The van der Waals surface area contributed by atoms with Gasteiger partial charge in [-0.1, -0.05) is 0 Å². The number of anilines is 1. The Hall–Kier alpha value is -1.04. The fraction of sp³-hybridized carbons (Fsp3) is 0.333. The minimum absolute atomic E-state index is 0.521. The van der Waals surface area contributed by atoms with Gasteiger partial charge in [-0.2, -0.15) is 0 Å². The van der Waals surface area contributed by atoms with Gasteiger partial charge in [0, 0.05) is 18.8 Å². The molecule has 0 amide bonds. The molecule has 0 aromatic heterocycles. The van der Waals surface area contributed by atoms with Crippen LogP contribution in [0.1, 0.15) is 0 Å². The van der Waals surface area contributed by atoms with Crippen LogP contribution in [0.5, 0.6) is 5.75 Å². The average Bonchev–Trinajstić information content (AvgIpc) is 2.18. The van der Waals surface area contributed by atoms with Crippen LogP contribution >= 0.6 is 0 Å². The van der Waals surface area contributed by atoms with Gasteiger partial charge in [0.15, 0.2) is 0 Å². The molecule has 0 saturated carbocycles. The van der Waals surface area contributed by atoms with Gasteiger partial charge in [0.25, 0.3) is 0 Å². The van der Waals surface area contributed by atoms with Gasteiger partial charge in [-0.25, -0.2) is 0 Å². The predicted molar refractivity (Wildman–Crippen MR) is 58.1 cm³/mol. The minimum Gasteiger partial charge on any atom is -0.519 e. The molecule has 0 unspecified atom stereocenters. The number of hydrogen-bond donors (Lipinski definition) is 2. The van der Waals surface area contributed by atoms with Gasteiger partial charge in [0.2, 0.25) is 0 Å². The molecule has 0 aliphatic carbocycles. The molecule has 77 valence electrons. The van der Waals surface area contributed by atoms with Crippen molar-refractivity contribution in [1.29, 1.82) is 0 Å². The summed E-state index contributed by atoms with van der Waals surface area (Å²) >= 11 is 0. The Morgan fingerprint density at radius 2 is 1.93 bits per heavy atom. The first kappa shape index (κ1) is 11.0. The predicted octanol–water partition coefficient (Wildman–Crippen LogP) is 0.741. The van der Waals surface area contributed by atoms with E-state index in [2.05, 4.69) is 0 Å². The SMILES string of the molecule is C[Si](OCCN)Oc1ccc(N)cc1. The van der Waals surface area contributed by atoms with Crippen LogP contribution in [0, 0.1) is 0 Å². The first-order valence-electron chi connectivity index (χ1n) is 4.42. The third-order valence-electron chi connectivity index (χ3n) is 1.56. The van der Waals surface area contributed by atoms with E-state index in [-0.39, 0.29) is 0 Å². The number of rotatable bonds is 5. The molecule has 0 heterocycles. The van der Waals surface area contributed by atoms with Crippen molar-refractivity contribution in [3.05, 3.63) is 24.3 Å². The van der Waals surface area contributed by atoms with Crippen molar-refractivity contribution in [3.8, 4) is 5.75 Å². The topological polar surface area (TPSA) is 70.5 Å². The number of benzene rings is 1. The fourth-order valence-electron chi connectivity index (χ4n) is 0.934. The van der Waals surface area contributed by atoms with E-state index in [0.29, 0.717) is 13.2 Å². The van der Waals surface area contributed by atoms with E-state index in [4.69, 9.17) is 20.3 Å². The van der Waals surface area contributed by atoms with E-state index >= 15 is 0 Å². The molecular formula is C9H15N2O2Si. The third-order valence-corrected chi connectivity index (χ3v) is 2.70. The van der Waals surface area contributed by atoms with E-state index in [1.54, 1.807) is 12.1 Å². The second-order valence-electron chi connectivity index (χ2n) is 2.80. The van der Waals surface area contributed by atoms with Crippen LogP contribution in [0.3, 0.4) is 0 Å². The maximum Gasteiger partial charge on any atom is 0.454 e. The molecule has 4 nitrogen and oxygen atoms in total. The second-order valence-corrected chi connectivity index (χ2v) is 4.28. The van der Waals surface area contributed by atoms with E-state index in [1.165, 1.54) is 0 Å². The molecule has 0 fully saturated rings. The summed E-state index contributed by atoms with van der Waals surface area (Å²) in [5.74, 6) is 0.785. The molecule has 1 aromatic rings. The van der Waals surface area contributed by atoms with Gasteiger partial charge in [-0.3, -0.25) is 0 Å². The standard InChI is InChI=1S/C9H15N2O2Si/c1-14(12-7-6-10)13-9-4-2-8(11)3-5-9/h2-5H,6-7,10-11H2,1H3. The molecule has 0 saturated heterocycles. The van der Waals surface area contributed by atoms with Crippen molar-refractivity contribution in [2.24, 2.45) is 5.73 Å². The van der Waals surface area contributed by atoms with E-state index in [9.17, 15) is 0 Å². The quantitative estimate of drug-likeness (QED) is 0.556. The van der Waals surface area contributed by atoms with Crippen LogP contribution in [0.15, 0.2) is 24.3 Å². The van der Waals surface area contributed by atoms with Crippen LogP contribution < -0.4 is 15.9 Å². The van der Waals surface area contributed by atoms with Crippen LogP contribution in [-0.2, 0) is 4.43 Å². The monoisotopic (exact) mass is 211 g/mol. The molecule has 0 spiro atoms. The summed E-state index contributed by atoms with van der Waals surface area (Å²) < 4.78 is 10.9. The van der Waals surface area contributed by atoms with Crippen LogP contribution in [0.25, 0.3) is 0 Å². The molecule has 5 heteroatoms. The van der Waals surface area contributed by atoms with Crippen LogP contribution in [0.2, 0.25) is 6.55 Å². The highest BCUT2D eigenvalue weighted by Crippen LogP contribution is 2.13. The highest BCUT2D eigenvalue weighted by molar-refractivity contribution is 6.43. The van der Waals surface area contributed by atoms with Gasteiger partial charge in [-0.05, 0) is 30.8 Å². The Bertz CT molecular complexity index is 266. The highest BCUT2D eigenvalue weighted by atomic mass is 28.3. The lowest BCUT2D eigenvalue weighted by Gasteiger charge is -2.11. The maximum atomic E-state index is 5.54. The largest absolute Gasteiger partial charge is 0.519 e. The van der Waals surface area contributed by atoms with Crippen molar-refractivity contribution >= 4 is 15.0 Å². The van der Waals surface area contributed by atoms with E-state index in [0.717, 1.165) is 11.4 Å². The van der Waals surface area contributed by atoms with Crippen molar-refractivity contribution in [2.75, 3.05) is 18.9 Å². The minimum atomic E-state index is -1.24. The van der Waals surface area contributed by atoms with E-state index < -0.39 is 9.28 Å². The molecule has 1 rings (SSSR count). The molecule has 0 bridgehead atoms. The Balaban J connectivity index is 2.39. The summed E-state index contributed by atoms with van der Waals surface area (Å²) in [6.45, 7) is 2.99. The number of nitrogens with two attached hydrogens (primary N) is 2. The summed E-state index contributed by atoms with van der Waals surface area (Å²) in [6.07, 6.45) is 0. The lowest BCUT2D eigenvalue weighted by molar-refractivity contribution is 0.279. The molecule has 0 aliphatic heterocycles. The van der Waals surface area contributed by atoms with Gasteiger partial charge in [0.05, 0.1) is 0 Å². The molecule has 1 aromatic carbocycles. The van der Waals surface area contributed by atoms with Gasteiger partial charge >= 0.3 is 9.28 Å². The van der Waals surface area contributed by atoms with Gasteiger partial charge in [0.1, 0.15) is 5.75 Å². The second kappa shape index (κ2) is 5.64. The Kier molecular flexibility index (Phi) is 4.44. The summed E-state index contributed by atoms with van der Waals surface area (Å²) in [4.78, 5) is 0. The third kappa shape index (κ3) is 3.78. The smallest absolute Gasteiger partial charge is 0.454 e. The normalized spacial score (nSPS) is 10.5. The molecule has 14 heavy (non-hydrogen) atoms. The summed E-state index contributed by atoms with van der Waals surface area (Å²) in [6, 6.07) is 7.26. The zero-order valence-corrected chi connectivity index (χ0v) is 9.19. The van der Waals surface area contributed by atoms with Crippen LogP contribution in [-0.4, -0.2) is 22.4 Å². The number of nitrogen functional groups attached to an aromatic ring is 1. The van der Waals surface area contributed by atoms with Crippen molar-refractivity contribution in [3.63, 3.8) is 0 Å². The van der Waals surface area contributed by atoms with Gasteiger partial charge in [-0.15, -0.1) is 0 Å². The first-order chi connectivity index (χ1) is 6.72. The fourth-order valence-corrected chi connectivity index (χ4v) is 1.87. The lowest BCUT2D eigenvalue weighted by atomic mass is 10.3. The Morgan fingerprint density at radius 1 is 1.29 bits per heavy atom. The first-order valence-corrected chi connectivity index (χ1v) is 6.24. The molecule has 0 atom stereocenters. The number of hydrogen-bond acceptors (Lipinski definition) is 4. The molecule has 0 aliphatic rings. The zero-order chi connectivity index (χ0) is 10.4. The van der Waals surface area contributed by atoms with Crippen molar-refractivity contribution in [1.82, 2.24) is 0 Å². The molecule has 4 N–H and O–H groups in total. The maximum absolute atomic E-state index is 5.54. The lowest BCUT2D eigenvalue weighted by Crippen LogP contribution is -2.25. The molecular weight excluding hydrogens is 196 g/mol. The summed E-state index contributed by atoms with van der Waals surface area (Å²) in [5, 5.41) is 0. The summed E-state index contributed by atoms with van der Waals surface area (Å²) in [5.41, 5.74) is 11.6. The van der Waals surface area contributed by atoms with E-state index in [1.807, 2.05) is 18.7 Å². The van der Waals surface area contributed by atoms with Crippen molar-refractivity contribution in [2.45, 2.75) is 6.55 Å².